The topological polar surface area (TPSA) is 43.4 Å². The maximum Gasteiger partial charge on any atom is 0.222 e. The van der Waals surface area contributed by atoms with Crippen molar-refractivity contribution >= 4 is 12.4 Å². The Morgan fingerprint density at radius 1 is 1.09 bits per heavy atom. The van der Waals surface area contributed by atoms with Gasteiger partial charge in [-0.2, -0.15) is 0 Å². The second kappa shape index (κ2) is 8.75. The predicted molar refractivity (Wildman–Crippen MR) is 94.0 cm³/mol. The highest BCUT2D eigenvalue weighted by molar-refractivity contribution is 5.85. The molecule has 3 rings (SSSR count). The lowest BCUT2D eigenvalue weighted by Crippen LogP contribution is -2.26. The molecule has 0 atom stereocenters. The molecule has 0 spiro atoms. The van der Waals surface area contributed by atoms with Crippen LogP contribution in [0.4, 0.5) is 0 Å². The molecule has 5 heteroatoms. The highest BCUT2D eigenvalue weighted by Gasteiger charge is 2.20. The van der Waals surface area contributed by atoms with E-state index in [1.54, 1.807) is 6.20 Å². The molecule has 0 saturated carbocycles. The SMILES string of the molecule is CCOc1ccccc1Oc1ncccc1C1CCNCC1.Cl. The first-order valence-corrected chi connectivity index (χ1v) is 7.93. The fourth-order valence-corrected chi connectivity index (χ4v) is 2.85. The molecule has 23 heavy (non-hydrogen) atoms. The number of benzene rings is 1. The molecule has 0 aliphatic carbocycles. The molecule has 2 heterocycles. The number of nitrogens with zero attached hydrogens (tertiary/aromatic N) is 1. The van der Waals surface area contributed by atoms with Crippen LogP contribution in [0, 0.1) is 0 Å². The van der Waals surface area contributed by atoms with E-state index in [9.17, 15) is 0 Å². The Kier molecular flexibility index (Phi) is 6.68. The molecule has 1 N–H and O–H groups in total. The Labute approximate surface area is 143 Å². The van der Waals surface area contributed by atoms with Crippen molar-refractivity contribution in [3.05, 3.63) is 48.2 Å². The molecule has 124 valence electrons. The van der Waals surface area contributed by atoms with Crippen molar-refractivity contribution in [2.24, 2.45) is 0 Å². The normalized spacial score (nSPS) is 14.8. The first kappa shape index (κ1) is 17.6. The van der Waals surface area contributed by atoms with Gasteiger partial charge in [0.05, 0.1) is 6.61 Å². The Morgan fingerprint density at radius 3 is 2.57 bits per heavy atom. The van der Waals surface area contributed by atoms with E-state index in [0.29, 0.717) is 18.4 Å². The molecule has 1 aliphatic rings. The zero-order valence-electron chi connectivity index (χ0n) is 13.3. The lowest BCUT2D eigenvalue weighted by atomic mass is 9.91. The van der Waals surface area contributed by atoms with Gasteiger partial charge >= 0.3 is 0 Å². The maximum atomic E-state index is 6.09. The van der Waals surface area contributed by atoms with Crippen molar-refractivity contribution in [2.45, 2.75) is 25.7 Å². The number of pyridine rings is 1. The molecule has 2 aromatic rings. The maximum absolute atomic E-state index is 6.09. The van der Waals surface area contributed by atoms with E-state index in [2.05, 4.69) is 16.4 Å². The van der Waals surface area contributed by atoms with Crippen LogP contribution < -0.4 is 14.8 Å². The number of hydrogen-bond donors (Lipinski definition) is 1. The number of para-hydroxylation sites is 2. The van der Waals surface area contributed by atoms with Crippen LogP contribution in [0.5, 0.6) is 17.4 Å². The fourth-order valence-electron chi connectivity index (χ4n) is 2.85. The minimum absolute atomic E-state index is 0. The van der Waals surface area contributed by atoms with Gasteiger partial charge in [-0.25, -0.2) is 4.98 Å². The Hall–Kier alpha value is -1.78. The van der Waals surface area contributed by atoms with Gasteiger partial charge in [-0.05, 0) is 57.0 Å². The van der Waals surface area contributed by atoms with Crippen molar-refractivity contribution in [1.82, 2.24) is 10.3 Å². The second-order valence-electron chi connectivity index (χ2n) is 5.40. The first-order chi connectivity index (χ1) is 10.9. The molecule has 1 fully saturated rings. The van der Waals surface area contributed by atoms with Crippen LogP contribution in [-0.4, -0.2) is 24.7 Å². The smallest absolute Gasteiger partial charge is 0.222 e. The van der Waals surface area contributed by atoms with Gasteiger partial charge in [0.15, 0.2) is 11.5 Å². The number of piperidine rings is 1. The summed E-state index contributed by atoms with van der Waals surface area (Å²) in [6.45, 7) is 4.69. The molecule has 0 unspecified atom stereocenters. The Bertz CT molecular complexity index is 615. The molecule has 0 radical (unpaired) electrons. The molecule has 1 saturated heterocycles. The first-order valence-electron chi connectivity index (χ1n) is 7.93. The highest BCUT2D eigenvalue weighted by Crippen LogP contribution is 2.36. The third-order valence-electron chi connectivity index (χ3n) is 3.94. The van der Waals surface area contributed by atoms with Gasteiger partial charge in [0, 0.05) is 11.8 Å². The van der Waals surface area contributed by atoms with Gasteiger partial charge < -0.3 is 14.8 Å². The summed E-state index contributed by atoms with van der Waals surface area (Å²) in [5.74, 6) is 2.68. The Morgan fingerprint density at radius 2 is 1.83 bits per heavy atom. The standard InChI is InChI=1S/C18H22N2O2.ClH/c1-2-21-16-7-3-4-8-17(16)22-18-15(6-5-11-20-18)14-9-12-19-13-10-14;/h3-8,11,14,19H,2,9-10,12-13H2,1H3;1H. The summed E-state index contributed by atoms with van der Waals surface area (Å²) >= 11 is 0. The van der Waals surface area contributed by atoms with E-state index < -0.39 is 0 Å². The molecule has 1 aliphatic heterocycles. The molecule has 4 nitrogen and oxygen atoms in total. The summed E-state index contributed by atoms with van der Waals surface area (Å²) in [6.07, 6.45) is 4.02. The van der Waals surface area contributed by atoms with Gasteiger partial charge in [-0.15, -0.1) is 12.4 Å². The van der Waals surface area contributed by atoms with E-state index in [1.807, 2.05) is 37.3 Å². The molecule has 0 amide bonds. The summed E-state index contributed by atoms with van der Waals surface area (Å²) < 4.78 is 11.7. The third-order valence-corrected chi connectivity index (χ3v) is 3.94. The summed E-state index contributed by atoms with van der Waals surface area (Å²) in [5, 5.41) is 3.40. The number of nitrogens with one attached hydrogen (secondary N) is 1. The second-order valence-corrected chi connectivity index (χ2v) is 5.40. The average molecular weight is 335 g/mol. The van der Waals surface area contributed by atoms with Crippen LogP contribution in [0.1, 0.15) is 31.2 Å². The predicted octanol–water partition coefficient (Wildman–Crippen LogP) is 4.16. The van der Waals surface area contributed by atoms with Crippen molar-refractivity contribution in [3.63, 3.8) is 0 Å². The number of aromatic nitrogens is 1. The Balaban J connectivity index is 0.00000192. The highest BCUT2D eigenvalue weighted by atomic mass is 35.5. The number of rotatable bonds is 5. The van der Waals surface area contributed by atoms with Crippen molar-refractivity contribution < 1.29 is 9.47 Å². The van der Waals surface area contributed by atoms with Gasteiger partial charge in [-0.3, -0.25) is 0 Å². The van der Waals surface area contributed by atoms with Crippen LogP contribution >= 0.6 is 12.4 Å². The van der Waals surface area contributed by atoms with E-state index in [1.165, 1.54) is 5.56 Å². The molecular formula is C18H23ClN2O2. The van der Waals surface area contributed by atoms with Crippen LogP contribution in [0.25, 0.3) is 0 Å². The summed E-state index contributed by atoms with van der Waals surface area (Å²) in [5.41, 5.74) is 1.19. The zero-order chi connectivity index (χ0) is 15.2. The van der Waals surface area contributed by atoms with Gasteiger partial charge in [0.25, 0.3) is 0 Å². The van der Waals surface area contributed by atoms with Crippen LogP contribution in [-0.2, 0) is 0 Å². The van der Waals surface area contributed by atoms with Gasteiger partial charge in [-0.1, -0.05) is 18.2 Å². The van der Waals surface area contributed by atoms with Crippen molar-refractivity contribution in [2.75, 3.05) is 19.7 Å². The minimum atomic E-state index is 0. The minimum Gasteiger partial charge on any atom is -0.490 e. The van der Waals surface area contributed by atoms with E-state index in [4.69, 9.17) is 9.47 Å². The quantitative estimate of drug-likeness (QED) is 0.891. The van der Waals surface area contributed by atoms with E-state index >= 15 is 0 Å². The summed E-state index contributed by atoms with van der Waals surface area (Å²) in [7, 11) is 0. The van der Waals surface area contributed by atoms with Gasteiger partial charge in [0.2, 0.25) is 5.88 Å². The van der Waals surface area contributed by atoms with Gasteiger partial charge in [0.1, 0.15) is 0 Å². The zero-order valence-corrected chi connectivity index (χ0v) is 14.1. The molecule has 1 aromatic carbocycles. The lowest BCUT2D eigenvalue weighted by Gasteiger charge is -2.24. The van der Waals surface area contributed by atoms with Crippen LogP contribution in [0.2, 0.25) is 0 Å². The lowest BCUT2D eigenvalue weighted by molar-refractivity contribution is 0.318. The summed E-state index contributed by atoms with van der Waals surface area (Å²) in [4.78, 5) is 4.45. The molecule has 1 aromatic heterocycles. The van der Waals surface area contributed by atoms with E-state index in [0.717, 1.165) is 37.4 Å². The molecular weight excluding hydrogens is 312 g/mol. The number of halogens is 1. The van der Waals surface area contributed by atoms with Crippen molar-refractivity contribution in [1.29, 1.82) is 0 Å². The number of hydrogen-bond acceptors (Lipinski definition) is 4. The van der Waals surface area contributed by atoms with Crippen LogP contribution in [0.15, 0.2) is 42.6 Å². The average Bonchev–Trinajstić information content (AvgIpc) is 2.58. The number of ether oxygens (including phenoxy) is 2. The summed E-state index contributed by atoms with van der Waals surface area (Å²) in [6, 6.07) is 11.9. The monoisotopic (exact) mass is 334 g/mol. The largest absolute Gasteiger partial charge is 0.490 e. The third kappa shape index (κ3) is 4.36. The fraction of sp³-hybridized carbons (Fsp3) is 0.389. The van der Waals surface area contributed by atoms with E-state index in [-0.39, 0.29) is 12.4 Å². The molecule has 0 bridgehead atoms. The van der Waals surface area contributed by atoms with Crippen molar-refractivity contribution in [3.8, 4) is 17.4 Å². The van der Waals surface area contributed by atoms with Crippen LogP contribution in [0.3, 0.4) is 0 Å².